The highest BCUT2D eigenvalue weighted by molar-refractivity contribution is 5.97. The fourth-order valence-corrected chi connectivity index (χ4v) is 1.14. The van der Waals surface area contributed by atoms with Gasteiger partial charge in [-0.2, -0.15) is 0 Å². The van der Waals surface area contributed by atoms with Crippen molar-refractivity contribution >= 4 is 5.78 Å². The molecule has 0 aromatic heterocycles. The number of rotatable bonds is 1. The molecule has 2 heteroatoms. The molecular formula is C9H13NO. The van der Waals surface area contributed by atoms with E-state index < -0.39 is 0 Å². The molecule has 1 aliphatic heterocycles. The number of Topliss-reactive ketones (excluding diaryl/α,β-unsaturated/α-hetero) is 1. The predicted octanol–water partition coefficient (Wildman–Crippen LogP) is 1.70. The van der Waals surface area contributed by atoms with Crippen LogP contribution in [-0.2, 0) is 4.79 Å². The number of carbonyl (C=O) groups excluding carboxylic acids is 1. The molecule has 1 heterocycles. The minimum Gasteiger partial charge on any atom is -0.351 e. The molecule has 0 radical (unpaired) electrons. The molecule has 60 valence electrons. The largest absolute Gasteiger partial charge is 0.351 e. The van der Waals surface area contributed by atoms with Crippen molar-refractivity contribution in [1.82, 2.24) is 4.90 Å². The number of nitrogens with zero attached hydrogens (tertiary/aromatic N) is 1. The molecule has 0 N–H and O–H groups in total. The van der Waals surface area contributed by atoms with E-state index in [-0.39, 0.29) is 5.78 Å². The summed E-state index contributed by atoms with van der Waals surface area (Å²) < 4.78 is 0. The van der Waals surface area contributed by atoms with Crippen LogP contribution < -0.4 is 0 Å². The van der Waals surface area contributed by atoms with Gasteiger partial charge in [-0.15, -0.1) is 0 Å². The second-order valence-corrected chi connectivity index (χ2v) is 2.76. The van der Waals surface area contributed by atoms with Gasteiger partial charge in [-0.05, 0) is 13.8 Å². The summed E-state index contributed by atoms with van der Waals surface area (Å²) in [7, 11) is 0. The van der Waals surface area contributed by atoms with Gasteiger partial charge in [0.1, 0.15) is 0 Å². The zero-order chi connectivity index (χ0) is 8.43. The molecule has 0 fully saturated rings. The molecule has 0 amide bonds. The highest BCUT2D eigenvalue weighted by atomic mass is 16.1. The first-order valence-electron chi connectivity index (χ1n) is 3.81. The van der Waals surface area contributed by atoms with Gasteiger partial charge in [0.05, 0.1) is 6.42 Å². The molecule has 11 heavy (non-hydrogen) atoms. The Kier molecular flexibility index (Phi) is 2.13. The lowest BCUT2D eigenvalue weighted by Crippen LogP contribution is -2.23. The molecule has 0 saturated heterocycles. The second-order valence-electron chi connectivity index (χ2n) is 2.76. The molecule has 0 bridgehead atoms. The molecule has 0 aromatic carbocycles. The molecule has 1 rings (SSSR count). The highest BCUT2D eigenvalue weighted by Crippen LogP contribution is 2.18. The van der Waals surface area contributed by atoms with E-state index >= 15 is 0 Å². The van der Waals surface area contributed by atoms with Crippen LogP contribution >= 0.6 is 0 Å². The van der Waals surface area contributed by atoms with E-state index in [1.165, 1.54) is 0 Å². The van der Waals surface area contributed by atoms with Gasteiger partial charge >= 0.3 is 0 Å². The van der Waals surface area contributed by atoms with E-state index in [1.54, 1.807) is 0 Å². The number of hydrogen-bond donors (Lipinski definition) is 0. The van der Waals surface area contributed by atoms with Gasteiger partial charge in [0.25, 0.3) is 0 Å². The van der Waals surface area contributed by atoms with Gasteiger partial charge in [0, 0.05) is 24.0 Å². The Bertz CT molecular complexity index is 228. The Labute approximate surface area is 67.2 Å². The van der Waals surface area contributed by atoms with Gasteiger partial charge in [-0.25, -0.2) is 0 Å². The maximum atomic E-state index is 11.1. The van der Waals surface area contributed by atoms with Crippen molar-refractivity contribution in [2.75, 3.05) is 6.54 Å². The third-order valence-corrected chi connectivity index (χ3v) is 1.90. The molecule has 2 nitrogen and oxygen atoms in total. The van der Waals surface area contributed by atoms with Gasteiger partial charge in [-0.3, -0.25) is 4.79 Å². The zero-order valence-corrected chi connectivity index (χ0v) is 7.05. The predicted molar refractivity (Wildman–Crippen MR) is 44.9 cm³/mol. The minimum atomic E-state index is 0.194. The zero-order valence-electron chi connectivity index (χ0n) is 7.05. The van der Waals surface area contributed by atoms with Gasteiger partial charge in [0.2, 0.25) is 0 Å². The highest BCUT2D eigenvalue weighted by Gasteiger charge is 2.16. The molecule has 1 aliphatic rings. The fourth-order valence-electron chi connectivity index (χ4n) is 1.14. The summed E-state index contributed by atoms with van der Waals surface area (Å²) in [6.07, 6.45) is 2.35. The molecule has 0 spiro atoms. The lowest BCUT2D eigenvalue weighted by Gasteiger charge is -2.25. The van der Waals surface area contributed by atoms with Crippen molar-refractivity contribution in [3.05, 3.63) is 24.0 Å². The van der Waals surface area contributed by atoms with Crippen LogP contribution in [0.25, 0.3) is 0 Å². The van der Waals surface area contributed by atoms with Gasteiger partial charge in [0.15, 0.2) is 5.78 Å². The Morgan fingerprint density at radius 2 is 2.36 bits per heavy atom. The van der Waals surface area contributed by atoms with Crippen molar-refractivity contribution in [3.63, 3.8) is 0 Å². The van der Waals surface area contributed by atoms with Crippen molar-refractivity contribution < 1.29 is 4.79 Å². The Balaban J connectivity index is 2.86. The standard InChI is InChI=1S/C9H13NO/c1-4-10-6-7(2)9(11)5-8(10)3/h6H,3-5H2,1-2H3. The van der Waals surface area contributed by atoms with E-state index in [2.05, 4.69) is 6.58 Å². The number of hydrogen-bond acceptors (Lipinski definition) is 2. The topological polar surface area (TPSA) is 20.3 Å². The molecule has 0 aliphatic carbocycles. The Morgan fingerprint density at radius 3 is 2.91 bits per heavy atom. The van der Waals surface area contributed by atoms with Crippen molar-refractivity contribution in [2.24, 2.45) is 0 Å². The first-order valence-corrected chi connectivity index (χ1v) is 3.81. The smallest absolute Gasteiger partial charge is 0.165 e. The van der Waals surface area contributed by atoms with Crippen LogP contribution in [0.15, 0.2) is 24.0 Å². The lowest BCUT2D eigenvalue weighted by atomic mass is 10.1. The van der Waals surface area contributed by atoms with Gasteiger partial charge in [-0.1, -0.05) is 6.58 Å². The summed E-state index contributed by atoms with van der Waals surface area (Å²) >= 11 is 0. The van der Waals surface area contributed by atoms with Crippen molar-refractivity contribution in [2.45, 2.75) is 20.3 Å². The number of carbonyl (C=O) groups is 1. The first kappa shape index (κ1) is 8.05. The van der Waals surface area contributed by atoms with E-state index in [0.29, 0.717) is 6.42 Å². The summed E-state index contributed by atoms with van der Waals surface area (Å²) in [6, 6.07) is 0. The maximum Gasteiger partial charge on any atom is 0.165 e. The third kappa shape index (κ3) is 1.50. The summed E-state index contributed by atoms with van der Waals surface area (Å²) in [5, 5.41) is 0. The minimum absolute atomic E-state index is 0.194. The Hall–Kier alpha value is -1.05. The van der Waals surface area contributed by atoms with Crippen LogP contribution in [0.3, 0.4) is 0 Å². The van der Waals surface area contributed by atoms with Crippen molar-refractivity contribution in [3.8, 4) is 0 Å². The monoisotopic (exact) mass is 151 g/mol. The molecule has 0 atom stereocenters. The maximum absolute atomic E-state index is 11.1. The SMILES string of the molecule is C=C1CC(=O)C(C)=CN1CC. The van der Waals surface area contributed by atoms with Crippen LogP contribution in [0.5, 0.6) is 0 Å². The summed E-state index contributed by atoms with van der Waals surface area (Å²) in [5.41, 5.74) is 1.74. The van der Waals surface area contributed by atoms with Crippen LogP contribution in [0.4, 0.5) is 0 Å². The molecule has 0 unspecified atom stereocenters. The molecule has 0 saturated carbocycles. The van der Waals surface area contributed by atoms with Gasteiger partial charge < -0.3 is 4.90 Å². The Morgan fingerprint density at radius 1 is 1.73 bits per heavy atom. The lowest BCUT2D eigenvalue weighted by molar-refractivity contribution is -0.115. The van der Waals surface area contributed by atoms with Crippen LogP contribution in [-0.4, -0.2) is 17.2 Å². The summed E-state index contributed by atoms with van der Waals surface area (Å²) in [4.78, 5) is 13.1. The van der Waals surface area contributed by atoms with Crippen LogP contribution in [0, 0.1) is 0 Å². The van der Waals surface area contributed by atoms with E-state index in [9.17, 15) is 4.79 Å². The van der Waals surface area contributed by atoms with Crippen molar-refractivity contribution in [1.29, 1.82) is 0 Å². The molecular weight excluding hydrogens is 138 g/mol. The average molecular weight is 151 g/mol. The second kappa shape index (κ2) is 2.91. The molecule has 0 aromatic rings. The van der Waals surface area contributed by atoms with E-state index in [4.69, 9.17) is 0 Å². The normalized spacial score (nSPS) is 18.7. The number of ketones is 1. The van der Waals surface area contributed by atoms with Crippen LogP contribution in [0.1, 0.15) is 20.3 Å². The average Bonchev–Trinajstić information content (AvgIpc) is 1.97. The third-order valence-electron chi connectivity index (χ3n) is 1.90. The van der Waals surface area contributed by atoms with E-state index in [0.717, 1.165) is 17.8 Å². The fraction of sp³-hybridized carbons (Fsp3) is 0.444. The summed E-state index contributed by atoms with van der Waals surface area (Å²) in [5.74, 6) is 0.194. The summed E-state index contributed by atoms with van der Waals surface area (Å²) in [6.45, 7) is 8.60. The quantitative estimate of drug-likeness (QED) is 0.568. The van der Waals surface area contributed by atoms with E-state index in [1.807, 2.05) is 24.9 Å². The first-order chi connectivity index (χ1) is 5.15. The number of allylic oxidation sites excluding steroid dienone is 2. The van der Waals surface area contributed by atoms with Crippen LogP contribution in [0.2, 0.25) is 0 Å².